The van der Waals surface area contributed by atoms with Gasteiger partial charge in [0.25, 0.3) is 0 Å². The fourth-order valence-electron chi connectivity index (χ4n) is 2.06. The highest BCUT2D eigenvalue weighted by Gasteiger charge is 2.58. The first-order valence-electron chi connectivity index (χ1n) is 5.50. The highest BCUT2D eigenvalue weighted by molar-refractivity contribution is 5.77. The molecule has 2 aliphatic rings. The summed E-state index contributed by atoms with van der Waals surface area (Å²) in [6, 6.07) is 8.27. The molecule has 1 unspecified atom stereocenters. The zero-order valence-electron chi connectivity index (χ0n) is 9.45. The summed E-state index contributed by atoms with van der Waals surface area (Å²) < 4.78 is 61.4. The van der Waals surface area contributed by atoms with Crippen molar-refractivity contribution in [1.82, 2.24) is 0 Å². The van der Waals surface area contributed by atoms with Gasteiger partial charge >= 0.3 is 12.2 Å². The van der Waals surface area contributed by atoms with Crippen LogP contribution in [-0.2, 0) is 9.47 Å². The van der Waals surface area contributed by atoms with Crippen LogP contribution >= 0.6 is 0 Å². The smallest absolute Gasteiger partial charge is 0.411 e. The predicted octanol–water partition coefficient (Wildman–Crippen LogP) is 3.57. The van der Waals surface area contributed by atoms with Crippen LogP contribution in [0.5, 0.6) is 0 Å². The van der Waals surface area contributed by atoms with Gasteiger partial charge in [-0.15, -0.1) is 8.78 Å². The number of halogens is 4. The minimum absolute atomic E-state index is 0.123. The lowest BCUT2D eigenvalue weighted by molar-refractivity contribution is -0.350. The van der Waals surface area contributed by atoms with E-state index in [1.165, 1.54) is 0 Å². The van der Waals surface area contributed by atoms with Crippen molar-refractivity contribution in [2.45, 2.75) is 18.3 Å². The molecule has 0 aromatic heterocycles. The first-order chi connectivity index (χ1) is 8.87. The molecule has 100 valence electrons. The van der Waals surface area contributed by atoms with E-state index in [1.54, 1.807) is 30.3 Å². The third kappa shape index (κ3) is 2.12. The van der Waals surface area contributed by atoms with Gasteiger partial charge in [-0.1, -0.05) is 30.3 Å². The van der Waals surface area contributed by atoms with Gasteiger partial charge in [0.05, 0.1) is 0 Å². The van der Waals surface area contributed by atoms with Crippen LogP contribution in [0.25, 0.3) is 5.57 Å². The number of benzene rings is 1. The molecule has 1 aliphatic heterocycles. The van der Waals surface area contributed by atoms with Crippen LogP contribution < -0.4 is 0 Å². The quantitative estimate of drug-likeness (QED) is 0.728. The fourth-order valence-corrected chi connectivity index (χ4v) is 2.06. The van der Waals surface area contributed by atoms with E-state index in [0.717, 1.165) is 6.08 Å². The zero-order chi connectivity index (χ0) is 13.7. The lowest BCUT2D eigenvalue weighted by Crippen LogP contribution is -2.35. The second kappa shape index (κ2) is 3.84. The van der Waals surface area contributed by atoms with Crippen LogP contribution in [0.1, 0.15) is 5.56 Å². The third-order valence-electron chi connectivity index (χ3n) is 2.85. The molecule has 19 heavy (non-hydrogen) atoms. The minimum atomic E-state index is -4.01. The number of rotatable bonds is 1. The molecule has 1 saturated heterocycles. The molecular weight excluding hydrogens is 264 g/mol. The van der Waals surface area contributed by atoms with E-state index in [4.69, 9.17) is 0 Å². The maximum atomic E-state index is 13.8. The Morgan fingerprint density at radius 3 is 2.37 bits per heavy atom. The van der Waals surface area contributed by atoms with Crippen molar-refractivity contribution in [1.29, 1.82) is 0 Å². The third-order valence-corrected chi connectivity index (χ3v) is 2.85. The van der Waals surface area contributed by atoms with E-state index in [1.807, 2.05) is 0 Å². The van der Waals surface area contributed by atoms with Gasteiger partial charge < -0.3 is 4.74 Å². The molecule has 2 nitrogen and oxygen atoms in total. The monoisotopic (exact) mass is 272 g/mol. The average Bonchev–Trinajstić information content (AvgIpc) is 2.65. The van der Waals surface area contributed by atoms with Gasteiger partial charge in [0, 0.05) is 0 Å². The molecule has 3 rings (SSSR count). The number of fused-ring (bicyclic) bond motifs is 1. The molecule has 1 aromatic carbocycles. The molecule has 1 aromatic rings. The summed E-state index contributed by atoms with van der Waals surface area (Å²) in [5, 5.41) is 0. The van der Waals surface area contributed by atoms with Crippen molar-refractivity contribution in [2.75, 3.05) is 0 Å². The van der Waals surface area contributed by atoms with Gasteiger partial charge in [-0.2, -0.15) is 8.78 Å². The molecule has 0 bridgehead atoms. The van der Waals surface area contributed by atoms with Crippen molar-refractivity contribution < 1.29 is 27.0 Å². The first-order valence-corrected chi connectivity index (χ1v) is 5.50. The fraction of sp³-hybridized carbons (Fsp3) is 0.231. The SMILES string of the molecule is FC1(F)OC2=CC(c3ccccc3)=CC(F)(F)C2O1. The van der Waals surface area contributed by atoms with E-state index in [9.17, 15) is 17.6 Å². The summed E-state index contributed by atoms with van der Waals surface area (Å²) in [4.78, 5) is 0. The molecule has 0 radical (unpaired) electrons. The van der Waals surface area contributed by atoms with Crippen molar-refractivity contribution in [2.24, 2.45) is 0 Å². The van der Waals surface area contributed by atoms with E-state index in [-0.39, 0.29) is 5.57 Å². The molecule has 1 aliphatic carbocycles. The Bertz CT molecular complexity index is 563. The largest absolute Gasteiger partial charge is 0.535 e. The highest BCUT2D eigenvalue weighted by Crippen LogP contribution is 2.46. The molecule has 0 saturated carbocycles. The molecule has 1 fully saturated rings. The summed E-state index contributed by atoms with van der Waals surface area (Å²) in [6.07, 6.45) is -4.32. The van der Waals surface area contributed by atoms with Gasteiger partial charge in [-0.25, -0.2) is 0 Å². The Hall–Kier alpha value is -1.82. The van der Waals surface area contributed by atoms with E-state index in [0.29, 0.717) is 11.6 Å². The minimum Gasteiger partial charge on any atom is -0.411 e. The lowest BCUT2D eigenvalue weighted by Gasteiger charge is -2.23. The summed E-state index contributed by atoms with van der Waals surface area (Å²) in [5.74, 6) is -4.11. The van der Waals surface area contributed by atoms with Crippen molar-refractivity contribution >= 4 is 5.57 Å². The van der Waals surface area contributed by atoms with Crippen molar-refractivity contribution in [3.63, 3.8) is 0 Å². The summed E-state index contributed by atoms with van der Waals surface area (Å²) in [7, 11) is 0. The molecule has 0 N–H and O–H groups in total. The Morgan fingerprint density at radius 2 is 1.68 bits per heavy atom. The normalized spacial score (nSPS) is 27.1. The van der Waals surface area contributed by atoms with Crippen molar-refractivity contribution in [3.05, 3.63) is 53.8 Å². The number of alkyl halides is 4. The van der Waals surface area contributed by atoms with Gasteiger partial charge in [-0.3, -0.25) is 4.74 Å². The predicted molar refractivity (Wildman–Crippen MR) is 58.4 cm³/mol. The lowest BCUT2D eigenvalue weighted by atomic mass is 9.95. The number of allylic oxidation sites excluding steroid dienone is 2. The maximum Gasteiger partial charge on any atom is 0.535 e. The maximum absolute atomic E-state index is 13.8. The van der Waals surface area contributed by atoms with Crippen LogP contribution in [0.3, 0.4) is 0 Å². The van der Waals surface area contributed by atoms with Gasteiger partial charge in [0.2, 0.25) is 0 Å². The number of ether oxygens (including phenoxy) is 2. The Labute approximate surface area is 105 Å². The molecule has 0 amide bonds. The summed E-state index contributed by atoms with van der Waals surface area (Å²) >= 11 is 0. The second-order valence-corrected chi connectivity index (χ2v) is 4.25. The Kier molecular flexibility index (Phi) is 2.47. The van der Waals surface area contributed by atoms with Crippen LogP contribution in [0.15, 0.2) is 48.2 Å². The van der Waals surface area contributed by atoms with Crippen LogP contribution in [0, 0.1) is 0 Å². The topological polar surface area (TPSA) is 18.5 Å². The Balaban J connectivity index is 2.03. The highest BCUT2D eigenvalue weighted by atomic mass is 19.3. The zero-order valence-corrected chi connectivity index (χ0v) is 9.45. The second-order valence-electron chi connectivity index (χ2n) is 4.25. The average molecular weight is 272 g/mol. The van der Waals surface area contributed by atoms with Gasteiger partial charge in [-0.05, 0) is 23.3 Å². The summed E-state index contributed by atoms with van der Waals surface area (Å²) in [5.41, 5.74) is 0.616. The first kappa shape index (κ1) is 12.2. The molecular formula is C13H8F4O2. The van der Waals surface area contributed by atoms with Crippen molar-refractivity contribution in [3.8, 4) is 0 Å². The molecule has 1 heterocycles. The molecule has 1 atom stereocenters. The van der Waals surface area contributed by atoms with E-state index < -0.39 is 24.1 Å². The van der Waals surface area contributed by atoms with Gasteiger partial charge in [0.15, 0.2) is 6.10 Å². The van der Waals surface area contributed by atoms with Crippen LogP contribution in [0.4, 0.5) is 17.6 Å². The Morgan fingerprint density at radius 1 is 1.00 bits per heavy atom. The standard InChI is InChI=1S/C13H8F4O2/c14-12(15)7-9(8-4-2-1-3-5-8)6-10-11(12)19-13(16,17)18-10/h1-7,11H. The number of hydrogen-bond acceptors (Lipinski definition) is 2. The summed E-state index contributed by atoms with van der Waals surface area (Å²) in [6.45, 7) is 0. The van der Waals surface area contributed by atoms with E-state index in [2.05, 4.69) is 9.47 Å². The molecule has 0 spiro atoms. The van der Waals surface area contributed by atoms with Crippen LogP contribution in [-0.4, -0.2) is 18.3 Å². The van der Waals surface area contributed by atoms with E-state index >= 15 is 0 Å². The van der Waals surface area contributed by atoms with Gasteiger partial charge in [0.1, 0.15) is 5.76 Å². The number of hydrogen-bond donors (Lipinski definition) is 0. The van der Waals surface area contributed by atoms with Crippen LogP contribution in [0.2, 0.25) is 0 Å². The molecule has 6 heteroatoms.